The highest BCUT2D eigenvalue weighted by Gasteiger charge is 2.23. The molecule has 0 radical (unpaired) electrons. The molecule has 1 aliphatic carbocycles. The fraction of sp³-hybridized carbons (Fsp3) is 0.250. The molecule has 2 aromatic rings. The van der Waals surface area contributed by atoms with E-state index < -0.39 is 17.7 Å². The van der Waals surface area contributed by atoms with Gasteiger partial charge < -0.3 is 4.74 Å². The largest absolute Gasteiger partial charge is 0.490 e. The average molecular weight is 290 g/mol. The summed E-state index contributed by atoms with van der Waals surface area (Å²) in [5.74, 6) is 5.29. The summed E-state index contributed by atoms with van der Waals surface area (Å²) < 4.78 is 32.8. The number of hydrazine groups is 1. The van der Waals surface area contributed by atoms with Crippen LogP contribution in [0.4, 0.5) is 8.78 Å². The number of nitrogens with two attached hydrogens (primary N) is 1. The zero-order chi connectivity index (χ0) is 14.8. The summed E-state index contributed by atoms with van der Waals surface area (Å²) in [6.07, 6.45) is 2.49. The smallest absolute Gasteiger partial charge is 0.128 e. The van der Waals surface area contributed by atoms with Crippen molar-refractivity contribution in [1.29, 1.82) is 0 Å². The minimum atomic E-state index is -0.615. The second-order valence-electron chi connectivity index (χ2n) is 5.15. The Kier molecular flexibility index (Phi) is 3.86. The van der Waals surface area contributed by atoms with Crippen molar-refractivity contribution in [2.24, 2.45) is 5.84 Å². The Hall–Kier alpha value is -1.98. The normalized spacial score (nSPS) is 15.8. The maximum Gasteiger partial charge on any atom is 0.128 e. The molecule has 0 bridgehead atoms. The van der Waals surface area contributed by atoms with E-state index in [1.165, 1.54) is 0 Å². The lowest BCUT2D eigenvalue weighted by molar-refractivity contribution is 0.303. The van der Waals surface area contributed by atoms with Gasteiger partial charge in [-0.15, -0.1) is 0 Å². The monoisotopic (exact) mass is 290 g/mol. The van der Waals surface area contributed by atoms with Crippen LogP contribution in [0.2, 0.25) is 0 Å². The van der Waals surface area contributed by atoms with Gasteiger partial charge in [0.1, 0.15) is 17.4 Å². The van der Waals surface area contributed by atoms with Gasteiger partial charge in [-0.2, -0.15) is 0 Å². The van der Waals surface area contributed by atoms with Crippen LogP contribution in [0.15, 0.2) is 42.5 Å². The number of benzene rings is 2. The average Bonchev–Trinajstić information content (AvgIpc) is 3.29. The van der Waals surface area contributed by atoms with E-state index in [0.717, 1.165) is 42.4 Å². The van der Waals surface area contributed by atoms with Crippen molar-refractivity contribution in [1.82, 2.24) is 5.43 Å². The van der Waals surface area contributed by atoms with E-state index in [2.05, 4.69) is 5.43 Å². The van der Waals surface area contributed by atoms with Gasteiger partial charge in [-0.3, -0.25) is 5.84 Å². The van der Waals surface area contributed by atoms with Crippen molar-refractivity contribution in [2.45, 2.75) is 25.0 Å². The van der Waals surface area contributed by atoms with Crippen LogP contribution in [0.5, 0.6) is 5.75 Å². The van der Waals surface area contributed by atoms with Crippen LogP contribution in [-0.4, -0.2) is 6.10 Å². The Balaban J connectivity index is 1.86. The Morgan fingerprint density at radius 1 is 1.10 bits per heavy atom. The van der Waals surface area contributed by atoms with Crippen LogP contribution in [0, 0.1) is 11.6 Å². The molecule has 110 valence electrons. The lowest BCUT2D eigenvalue weighted by atomic mass is 9.98. The quantitative estimate of drug-likeness (QED) is 0.657. The predicted octanol–water partition coefficient (Wildman–Crippen LogP) is 3.06. The van der Waals surface area contributed by atoms with E-state index in [0.29, 0.717) is 6.10 Å². The molecule has 0 aliphatic heterocycles. The maximum atomic E-state index is 13.9. The van der Waals surface area contributed by atoms with Crippen molar-refractivity contribution < 1.29 is 13.5 Å². The summed E-state index contributed by atoms with van der Waals surface area (Å²) in [7, 11) is 0. The number of hydrogen-bond donors (Lipinski definition) is 2. The summed E-state index contributed by atoms with van der Waals surface area (Å²) in [5, 5.41) is 0. The second kappa shape index (κ2) is 5.79. The van der Waals surface area contributed by atoms with E-state index >= 15 is 0 Å². The highest BCUT2D eigenvalue weighted by Crippen LogP contribution is 2.29. The standard InChI is InChI=1S/C16H16F2N2O/c17-11-3-8-15(18)14(9-11)16(20-19)10-1-4-12(5-2-10)21-13-6-7-13/h1-5,8-9,13,16,20H,6-7,19H2. The van der Waals surface area contributed by atoms with Crippen LogP contribution in [0.1, 0.15) is 30.0 Å². The Morgan fingerprint density at radius 3 is 2.43 bits per heavy atom. The molecule has 1 atom stereocenters. The molecule has 2 aromatic carbocycles. The lowest BCUT2D eigenvalue weighted by Crippen LogP contribution is -2.29. The lowest BCUT2D eigenvalue weighted by Gasteiger charge is -2.18. The summed E-state index contributed by atoms with van der Waals surface area (Å²) in [6, 6.07) is 9.94. The molecule has 0 aromatic heterocycles. The summed E-state index contributed by atoms with van der Waals surface area (Å²) >= 11 is 0. The molecule has 3 nitrogen and oxygen atoms in total. The van der Waals surface area contributed by atoms with Gasteiger partial charge in [0.2, 0.25) is 0 Å². The van der Waals surface area contributed by atoms with E-state index in [1.807, 2.05) is 12.1 Å². The second-order valence-corrected chi connectivity index (χ2v) is 5.15. The number of ether oxygens (including phenoxy) is 1. The Bertz CT molecular complexity index is 627. The third kappa shape index (κ3) is 3.20. The third-order valence-electron chi connectivity index (χ3n) is 3.48. The van der Waals surface area contributed by atoms with Crippen LogP contribution in [-0.2, 0) is 0 Å². The van der Waals surface area contributed by atoms with E-state index in [4.69, 9.17) is 10.6 Å². The SMILES string of the molecule is NNC(c1ccc(OC2CC2)cc1)c1cc(F)ccc1F. The van der Waals surface area contributed by atoms with Crippen molar-refractivity contribution in [3.05, 3.63) is 65.2 Å². The van der Waals surface area contributed by atoms with Gasteiger partial charge in [-0.05, 0) is 48.7 Å². The first-order valence-electron chi connectivity index (χ1n) is 6.85. The number of rotatable bonds is 5. The first kappa shape index (κ1) is 14.0. The van der Waals surface area contributed by atoms with Crippen LogP contribution in [0.3, 0.4) is 0 Å². The minimum Gasteiger partial charge on any atom is -0.490 e. The highest BCUT2D eigenvalue weighted by molar-refractivity contribution is 5.36. The molecule has 3 N–H and O–H groups in total. The molecule has 3 rings (SSSR count). The third-order valence-corrected chi connectivity index (χ3v) is 3.48. The zero-order valence-electron chi connectivity index (χ0n) is 11.4. The van der Waals surface area contributed by atoms with Gasteiger partial charge in [0.05, 0.1) is 12.1 Å². The number of hydrogen-bond acceptors (Lipinski definition) is 3. The van der Waals surface area contributed by atoms with Crippen molar-refractivity contribution >= 4 is 0 Å². The summed E-state index contributed by atoms with van der Waals surface area (Å²) in [6.45, 7) is 0. The topological polar surface area (TPSA) is 47.3 Å². The van der Waals surface area contributed by atoms with Gasteiger partial charge in [0.15, 0.2) is 0 Å². The molecule has 21 heavy (non-hydrogen) atoms. The van der Waals surface area contributed by atoms with Gasteiger partial charge in [0.25, 0.3) is 0 Å². The van der Waals surface area contributed by atoms with E-state index in [9.17, 15) is 8.78 Å². The Labute approximate surface area is 121 Å². The van der Waals surface area contributed by atoms with E-state index in [1.54, 1.807) is 12.1 Å². The molecule has 1 unspecified atom stereocenters. The summed E-state index contributed by atoms with van der Waals surface area (Å²) in [4.78, 5) is 0. The molecular weight excluding hydrogens is 274 g/mol. The highest BCUT2D eigenvalue weighted by atomic mass is 19.1. The number of nitrogens with one attached hydrogen (secondary N) is 1. The molecule has 0 heterocycles. The first-order chi connectivity index (χ1) is 10.2. The molecule has 1 saturated carbocycles. The van der Waals surface area contributed by atoms with E-state index in [-0.39, 0.29) is 5.56 Å². The molecule has 1 fully saturated rings. The van der Waals surface area contributed by atoms with Crippen molar-refractivity contribution in [2.75, 3.05) is 0 Å². The van der Waals surface area contributed by atoms with Crippen LogP contribution in [0.25, 0.3) is 0 Å². The number of halogens is 2. The summed E-state index contributed by atoms with van der Waals surface area (Å²) in [5.41, 5.74) is 3.44. The molecule has 0 spiro atoms. The van der Waals surface area contributed by atoms with Gasteiger partial charge in [0, 0.05) is 5.56 Å². The molecule has 5 heteroatoms. The fourth-order valence-corrected chi connectivity index (χ4v) is 2.22. The molecule has 0 saturated heterocycles. The molecule has 1 aliphatic rings. The minimum absolute atomic E-state index is 0.174. The van der Waals surface area contributed by atoms with Gasteiger partial charge in [-0.1, -0.05) is 12.1 Å². The van der Waals surface area contributed by atoms with Crippen molar-refractivity contribution in [3.63, 3.8) is 0 Å². The molecular formula is C16H16F2N2O. The zero-order valence-corrected chi connectivity index (χ0v) is 11.4. The maximum absolute atomic E-state index is 13.9. The van der Waals surface area contributed by atoms with Crippen molar-refractivity contribution in [3.8, 4) is 5.75 Å². The van der Waals surface area contributed by atoms with Gasteiger partial charge in [-0.25, -0.2) is 14.2 Å². The fourth-order valence-electron chi connectivity index (χ4n) is 2.22. The molecule has 0 amide bonds. The van der Waals surface area contributed by atoms with Crippen LogP contribution < -0.4 is 16.0 Å². The first-order valence-corrected chi connectivity index (χ1v) is 6.85. The predicted molar refractivity (Wildman–Crippen MR) is 75.6 cm³/mol. The van der Waals surface area contributed by atoms with Crippen LogP contribution >= 0.6 is 0 Å². The Morgan fingerprint density at radius 2 is 1.81 bits per heavy atom. The van der Waals surface area contributed by atoms with Gasteiger partial charge >= 0.3 is 0 Å².